The highest BCUT2D eigenvalue weighted by molar-refractivity contribution is 6.03. The van der Waals surface area contributed by atoms with Crippen molar-refractivity contribution in [3.8, 4) is 5.69 Å². The molecule has 0 atom stereocenters. The number of aromatic nitrogens is 4. The minimum atomic E-state index is -0.294. The predicted molar refractivity (Wildman–Crippen MR) is 117 cm³/mol. The van der Waals surface area contributed by atoms with Crippen LogP contribution in [0.2, 0.25) is 0 Å². The molecular formula is C22H27N7O. The van der Waals surface area contributed by atoms with E-state index in [0.717, 1.165) is 43.2 Å². The Morgan fingerprint density at radius 1 is 1.00 bits per heavy atom. The van der Waals surface area contributed by atoms with Gasteiger partial charge in [-0.2, -0.15) is 9.90 Å². The zero-order valence-electron chi connectivity index (χ0n) is 17.9. The minimum Gasteiger partial charge on any atom is -0.354 e. The van der Waals surface area contributed by atoms with Crippen molar-refractivity contribution in [1.29, 1.82) is 0 Å². The number of nitrogens with one attached hydrogen (secondary N) is 1. The van der Waals surface area contributed by atoms with E-state index in [4.69, 9.17) is 0 Å². The first-order valence-electron chi connectivity index (χ1n) is 10.1. The Morgan fingerprint density at radius 3 is 2.43 bits per heavy atom. The van der Waals surface area contributed by atoms with Gasteiger partial charge >= 0.3 is 0 Å². The smallest absolute Gasteiger partial charge is 0.278 e. The maximum Gasteiger partial charge on any atom is 0.278 e. The van der Waals surface area contributed by atoms with Crippen molar-refractivity contribution < 1.29 is 4.79 Å². The third-order valence-corrected chi connectivity index (χ3v) is 5.40. The van der Waals surface area contributed by atoms with E-state index in [0.29, 0.717) is 17.1 Å². The molecule has 1 fully saturated rings. The molecule has 8 nitrogen and oxygen atoms in total. The minimum absolute atomic E-state index is 0.294. The number of hydrogen-bond acceptors (Lipinski definition) is 6. The molecule has 156 valence electrons. The van der Waals surface area contributed by atoms with Gasteiger partial charge in [0.2, 0.25) is 0 Å². The van der Waals surface area contributed by atoms with Crippen LogP contribution in [0.4, 0.5) is 11.5 Å². The zero-order valence-corrected chi connectivity index (χ0v) is 17.9. The normalized spacial score (nSPS) is 14.7. The predicted octanol–water partition coefficient (Wildman–Crippen LogP) is 2.59. The van der Waals surface area contributed by atoms with E-state index >= 15 is 0 Å². The number of aryl methyl sites for hydroxylation is 3. The maximum absolute atomic E-state index is 12.8. The van der Waals surface area contributed by atoms with E-state index in [9.17, 15) is 4.79 Å². The Morgan fingerprint density at radius 2 is 1.77 bits per heavy atom. The van der Waals surface area contributed by atoms with Gasteiger partial charge in [0, 0.05) is 26.2 Å². The molecule has 0 radical (unpaired) electrons. The van der Waals surface area contributed by atoms with E-state index in [1.165, 1.54) is 10.4 Å². The molecule has 1 N–H and O–H groups in total. The Bertz CT molecular complexity index is 1050. The molecule has 4 rings (SSSR count). The fourth-order valence-electron chi connectivity index (χ4n) is 3.60. The monoisotopic (exact) mass is 405 g/mol. The number of piperazine rings is 1. The summed E-state index contributed by atoms with van der Waals surface area (Å²) in [5.41, 5.74) is 4.61. The Kier molecular flexibility index (Phi) is 5.50. The SMILES string of the molecule is Cc1ccc(-n2nc(C)c(C(=O)Nc3ccc(N4CCN(C)CC4)nc3)n2)c(C)c1. The number of pyridine rings is 1. The van der Waals surface area contributed by atoms with Crippen LogP contribution in [-0.2, 0) is 0 Å². The number of carbonyl (C=O) groups is 1. The lowest BCUT2D eigenvalue weighted by Crippen LogP contribution is -2.44. The lowest BCUT2D eigenvalue weighted by Gasteiger charge is -2.33. The molecule has 3 heterocycles. The number of rotatable bonds is 4. The molecule has 8 heteroatoms. The second-order valence-corrected chi connectivity index (χ2v) is 7.86. The van der Waals surface area contributed by atoms with Crippen LogP contribution in [-0.4, -0.2) is 64.0 Å². The van der Waals surface area contributed by atoms with Crippen LogP contribution < -0.4 is 10.2 Å². The van der Waals surface area contributed by atoms with E-state index in [2.05, 4.69) is 43.4 Å². The first kappa shape index (κ1) is 20.0. The van der Waals surface area contributed by atoms with E-state index in [1.54, 1.807) is 13.1 Å². The quantitative estimate of drug-likeness (QED) is 0.719. The fourth-order valence-corrected chi connectivity index (χ4v) is 3.60. The Hall–Kier alpha value is -3.26. The van der Waals surface area contributed by atoms with Gasteiger partial charge in [0.15, 0.2) is 5.69 Å². The second kappa shape index (κ2) is 8.23. The van der Waals surface area contributed by atoms with Crippen LogP contribution in [0.5, 0.6) is 0 Å². The molecular weight excluding hydrogens is 378 g/mol. The van der Waals surface area contributed by atoms with Crippen molar-refractivity contribution >= 4 is 17.4 Å². The highest BCUT2D eigenvalue weighted by Gasteiger charge is 2.18. The number of nitrogens with zero attached hydrogens (tertiary/aromatic N) is 6. The molecule has 1 aromatic carbocycles. The second-order valence-electron chi connectivity index (χ2n) is 7.86. The standard InChI is InChI=1S/C22H27N7O/c1-15-5-7-19(16(2)13-15)29-25-17(3)21(26-29)22(30)24-18-6-8-20(23-14-18)28-11-9-27(4)10-12-28/h5-8,13-14H,9-12H2,1-4H3,(H,24,30). The highest BCUT2D eigenvalue weighted by atomic mass is 16.2. The van der Waals surface area contributed by atoms with Gasteiger partial charge in [-0.15, -0.1) is 5.10 Å². The summed E-state index contributed by atoms with van der Waals surface area (Å²) in [4.78, 5) is 23.4. The number of anilines is 2. The maximum atomic E-state index is 12.8. The van der Waals surface area contributed by atoms with Gasteiger partial charge in [0.05, 0.1) is 23.3 Å². The summed E-state index contributed by atoms with van der Waals surface area (Å²) in [6.45, 7) is 9.79. The zero-order chi connectivity index (χ0) is 21.3. The molecule has 1 aliphatic heterocycles. The number of carbonyl (C=O) groups excluding carboxylic acids is 1. The van der Waals surface area contributed by atoms with Crippen molar-refractivity contribution in [2.24, 2.45) is 0 Å². The van der Waals surface area contributed by atoms with Gasteiger partial charge in [0.1, 0.15) is 5.82 Å². The third kappa shape index (κ3) is 4.18. The van der Waals surface area contributed by atoms with Crippen molar-refractivity contribution in [3.05, 3.63) is 59.0 Å². The topological polar surface area (TPSA) is 79.2 Å². The molecule has 3 aromatic rings. The summed E-state index contributed by atoms with van der Waals surface area (Å²) >= 11 is 0. The molecule has 1 saturated heterocycles. The van der Waals surface area contributed by atoms with Crippen LogP contribution in [0.15, 0.2) is 36.5 Å². The number of amides is 1. The number of likely N-dealkylation sites (N-methyl/N-ethyl adjacent to an activating group) is 1. The summed E-state index contributed by atoms with van der Waals surface area (Å²) in [7, 11) is 2.13. The molecule has 0 saturated carbocycles. The molecule has 2 aromatic heterocycles. The number of benzene rings is 1. The van der Waals surface area contributed by atoms with Crippen LogP contribution in [0.25, 0.3) is 5.69 Å². The Balaban J connectivity index is 1.47. The lowest BCUT2D eigenvalue weighted by molar-refractivity contribution is 0.102. The largest absolute Gasteiger partial charge is 0.354 e. The molecule has 0 bridgehead atoms. The van der Waals surface area contributed by atoms with Gasteiger partial charge in [-0.3, -0.25) is 4.79 Å². The third-order valence-electron chi connectivity index (χ3n) is 5.40. The Labute approximate surface area is 176 Å². The van der Waals surface area contributed by atoms with Gasteiger partial charge in [-0.1, -0.05) is 17.7 Å². The molecule has 30 heavy (non-hydrogen) atoms. The van der Waals surface area contributed by atoms with E-state index < -0.39 is 0 Å². The average Bonchev–Trinajstić information content (AvgIpc) is 3.11. The fraction of sp³-hybridized carbons (Fsp3) is 0.364. The highest BCUT2D eigenvalue weighted by Crippen LogP contribution is 2.18. The molecule has 0 aliphatic carbocycles. The number of hydrogen-bond donors (Lipinski definition) is 1. The lowest BCUT2D eigenvalue weighted by atomic mass is 10.1. The summed E-state index contributed by atoms with van der Waals surface area (Å²) in [5.74, 6) is 0.635. The van der Waals surface area contributed by atoms with Crippen molar-refractivity contribution in [1.82, 2.24) is 24.9 Å². The molecule has 1 amide bonds. The average molecular weight is 406 g/mol. The first-order valence-corrected chi connectivity index (χ1v) is 10.1. The van der Waals surface area contributed by atoms with Crippen molar-refractivity contribution in [2.75, 3.05) is 43.4 Å². The summed E-state index contributed by atoms with van der Waals surface area (Å²) in [5, 5.41) is 11.7. The van der Waals surface area contributed by atoms with Crippen molar-refractivity contribution in [3.63, 3.8) is 0 Å². The van der Waals surface area contributed by atoms with Crippen LogP contribution in [0.1, 0.15) is 27.3 Å². The van der Waals surface area contributed by atoms with Gasteiger partial charge < -0.3 is 15.1 Å². The molecule has 0 spiro atoms. The first-order chi connectivity index (χ1) is 14.4. The molecule has 1 aliphatic rings. The van der Waals surface area contributed by atoms with Gasteiger partial charge in [0.25, 0.3) is 5.91 Å². The van der Waals surface area contributed by atoms with Gasteiger partial charge in [-0.05, 0) is 51.6 Å². The van der Waals surface area contributed by atoms with Crippen LogP contribution in [0.3, 0.4) is 0 Å². The summed E-state index contributed by atoms with van der Waals surface area (Å²) < 4.78 is 0. The van der Waals surface area contributed by atoms with Crippen LogP contribution >= 0.6 is 0 Å². The summed E-state index contributed by atoms with van der Waals surface area (Å²) in [6.07, 6.45) is 1.69. The van der Waals surface area contributed by atoms with Gasteiger partial charge in [-0.25, -0.2) is 4.98 Å². The van der Waals surface area contributed by atoms with Crippen LogP contribution in [0, 0.1) is 20.8 Å². The molecule has 0 unspecified atom stereocenters. The van der Waals surface area contributed by atoms with E-state index in [-0.39, 0.29) is 5.91 Å². The van der Waals surface area contributed by atoms with Crippen molar-refractivity contribution in [2.45, 2.75) is 20.8 Å². The summed E-state index contributed by atoms with van der Waals surface area (Å²) in [6, 6.07) is 9.87. The van der Waals surface area contributed by atoms with E-state index in [1.807, 2.05) is 38.1 Å².